The van der Waals surface area contributed by atoms with Crippen LogP contribution in [0.15, 0.2) is 24.3 Å². The number of β-lactam (4-membered cyclic amide) rings is 1. The van der Waals surface area contributed by atoms with E-state index in [0.29, 0.717) is 24.2 Å². The molecule has 2 N–H and O–H groups in total. The van der Waals surface area contributed by atoms with Gasteiger partial charge in [0, 0.05) is 5.69 Å². The Kier molecular flexibility index (Phi) is 2.87. The number of hydrogen-bond donors (Lipinski definition) is 1. The Balaban J connectivity index is 1.51. The Hall–Kier alpha value is -2.08. The topological polar surface area (TPSA) is 81.9 Å². The SMILES string of the molecule is Nc1ccc(C(=O)OCC2CN3C(=O)CC3O2)cc1. The molecule has 2 heterocycles. The van der Waals surface area contributed by atoms with Crippen LogP contribution < -0.4 is 5.73 Å². The summed E-state index contributed by atoms with van der Waals surface area (Å²) in [5.74, 6) is -0.318. The van der Waals surface area contributed by atoms with Crippen molar-refractivity contribution in [1.29, 1.82) is 0 Å². The third kappa shape index (κ3) is 2.26. The van der Waals surface area contributed by atoms with Gasteiger partial charge in [0.2, 0.25) is 5.91 Å². The number of amides is 1. The number of ether oxygens (including phenoxy) is 2. The normalized spacial score (nSPS) is 24.8. The molecule has 19 heavy (non-hydrogen) atoms. The number of nitrogens with zero attached hydrogens (tertiary/aromatic N) is 1. The molecule has 100 valence electrons. The molecule has 1 aromatic carbocycles. The molecule has 2 saturated heterocycles. The highest BCUT2D eigenvalue weighted by Gasteiger charge is 2.45. The summed E-state index contributed by atoms with van der Waals surface area (Å²) in [7, 11) is 0. The summed E-state index contributed by atoms with van der Waals surface area (Å²) < 4.78 is 10.7. The Bertz CT molecular complexity index is 514. The largest absolute Gasteiger partial charge is 0.459 e. The molecule has 1 aromatic rings. The van der Waals surface area contributed by atoms with E-state index in [1.54, 1.807) is 29.2 Å². The van der Waals surface area contributed by atoms with E-state index < -0.39 is 5.97 Å². The smallest absolute Gasteiger partial charge is 0.338 e. The van der Waals surface area contributed by atoms with Crippen LogP contribution in [0.25, 0.3) is 0 Å². The van der Waals surface area contributed by atoms with Crippen molar-refractivity contribution in [2.45, 2.75) is 18.8 Å². The summed E-state index contributed by atoms with van der Waals surface area (Å²) in [4.78, 5) is 24.6. The summed E-state index contributed by atoms with van der Waals surface area (Å²) in [5, 5.41) is 0. The van der Waals surface area contributed by atoms with Gasteiger partial charge in [0.1, 0.15) is 18.9 Å². The number of nitrogen functional groups attached to an aromatic ring is 1. The second-order valence-corrected chi connectivity index (χ2v) is 4.68. The Morgan fingerprint density at radius 3 is 2.79 bits per heavy atom. The molecular formula is C13H14N2O4. The molecule has 2 atom stereocenters. The minimum Gasteiger partial charge on any atom is -0.459 e. The molecule has 0 spiro atoms. The van der Waals surface area contributed by atoms with Gasteiger partial charge in [-0.15, -0.1) is 0 Å². The van der Waals surface area contributed by atoms with E-state index in [1.807, 2.05) is 0 Å². The standard InChI is InChI=1S/C13H14N2O4/c14-9-3-1-8(2-4-9)13(17)18-7-10-6-15-11(16)5-12(15)19-10/h1-4,10,12H,5-7,14H2. The van der Waals surface area contributed by atoms with Crippen molar-refractivity contribution in [3.8, 4) is 0 Å². The highest BCUT2D eigenvalue weighted by Crippen LogP contribution is 2.28. The minimum atomic E-state index is -0.413. The molecule has 0 aliphatic carbocycles. The molecule has 1 amide bonds. The number of fused-ring (bicyclic) bond motifs is 1. The van der Waals surface area contributed by atoms with Gasteiger partial charge in [0.15, 0.2) is 0 Å². The van der Waals surface area contributed by atoms with Crippen molar-refractivity contribution >= 4 is 17.6 Å². The third-order valence-electron chi connectivity index (χ3n) is 3.31. The Labute approximate surface area is 110 Å². The van der Waals surface area contributed by atoms with E-state index in [-0.39, 0.29) is 24.8 Å². The molecule has 6 heteroatoms. The van der Waals surface area contributed by atoms with Crippen molar-refractivity contribution in [1.82, 2.24) is 4.90 Å². The van der Waals surface area contributed by atoms with Crippen LogP contribution in [-0.2, 0) is 14.3 Å². The van der Waals surface area contributed by atoms with Crippen LogP contribution in [0.3, 0.4) is 0 Å². The fraction of sp³-hybridized carbons (Fsp3) is 0.385. The molecule has 0 radical (unpaired) electrons. The first-order valence-electron chi connectivity index (χ1n) is 6.11. The van der Waals surface area contributed by atoms with Crippen LogP contribution in [-0.4, -0.2) is 42.3 Å². The molecule has 6 nitrogen and oxygen atoms in total. The highest BCUT2D eigenvalue weighted by molar-refractivity contribution is 5.89. The van der Waals surface area contributed by atoms with Gasteiger partial charge in [-0.3, -0.25) is 4.79 Å². The quantitative estimate of drug-likeness (QED) is 0.484. The fourth-order valence-corrected chi connectivity index (χ4v) is 2.21. The monoisotopic (exact) mass is 262 g/mol. The van der Waals surface area contributed by atoms with Crippen molar-refractivity contribution in [3.05, 3.63) is 29.8 Å². The third-order valence-corrected chi connectivity index (χ3v) is 3.31. The highest BCUT2D eigenvalue weighted by atomic mass is 16.6. The number of rotatable bonds is 3. The molecular weight excluding hydrogens is 248 g/mol. The van der Waals surface area contributed by atoms with Crippen LogP contribution in [0.1, 0.15) is 16.8 Å². The minimum absolute atomic E-state index is 0.0948. The maximum absolute atomic E-state index is 11.8. The zero-order valence-electron chi connectivity index (χ0n) is 10.2. The maximum atomic E-state index is 11.8. The van der Waals surface area contributed by atoms with E-state index in [2.05, 4.69) is 0 Å². The Morgan fingerprint density at radius 1 is 1.42 bits per heavy atom. The average Bonchev–Trinajstić information content (AvgIpc) is 2.73. The van der Waals surface area contributed by atoms with Gasteiger partial charge >= 0.3 is 5.97 Å². The second kappa shape index (κ2) is 4.55. The van der Waals surface area contributed by atoms with Gasteiger partial charge in [-0.05, 0) is 24.3 Å². The van der Waals surface area contributed by atoms with Crippen molar-refractivity contribution < 1.29 is 19.1 Å². The van der Waals surface area contributed by atoms with Crippen LogP contribution in [0.5, 0.6) is 0 Å². The van der Waals surface area contributed by atoms with Crippen LogP contribution in [0.2, 0.25) is 0 Å². The Morgan fingerprint density at radius 2 is 2.16 bits per heavy atom. The van der Waals surface area contributed by atoms with Crippen LogP contribution in [0, 0.1) is 0 Å². The zero-order chi connectivity index (χ0) is 13.4. The number of esters is 1. The predicted molar refractivity (Wildman–Crippen MR) is 66.1 cm³/mol. The van der Waals surface area contributed by atoms with Gasteiger partial charge < -0.3 is 20.1 Å². The summed E-state index contributed by atoms with van der Waals surface area (Å²) in [6, 6.07) is 6.52. The number of nitrogens with two attached hydrogens (primary N) is 1. The molecule has 0 bridgehead atoms. The predicted octanol–water partition coefficient (Wildman–Crippen LogP) is 0.383. The summed E-state index contributed by atoms with van der Waals surface area (Å²) in [5.41, 5.74) is 6.59. The molecule has 2 unspecified atom stereocenters. The van der Waals surface area contributed by atoms with Gasteiger partial charge in [0.25, 0.3) is 0 Å². The first-order valence-corrected chi connectivity index (χ1v) is 6.11. The number of anilines is 1. The summed E-state index contributed by atoms with van der Waals surface area (Å²) in [6.45, 7) is 0.655. The van der Waals surface area contributed by atoms with E-state index in [0.717, 1.165) is 0 Å². The van der Waals surface area contributed by atoms with E-state index in [9.17, 15) is 9.59 Å². The summed E-state index contributed by atoms with van der Waals surface area (Å²) >= 11 is 0. The lowest BCUT2D eigenvalue weighted by molar-refractivity contribution is -0.156. The van der Waals surface area contributed by atoms with Crippen molar-refractivity contribution in [2.75, 3.05) is 18.9 Å². The summed E-state index contributed by atoms with van der Waals surface area (Å²) in [6.07, 6.45) is 0.0875. The van der Waals surface area contributed by atoms with E-state index in [4.69, 9.17) is 15.2 Å². The van der Waals surface area contributed by atoms with Crippen molar-refractivity contribution in [3.63, 3.8) is 0 Å². The molecule has 2 aliphatic heterocycles. The molecule has 0 aromatic heterocycles. The first-order chi connectivity index (χ1) is 9.13. The zero-order valence-corrected chi connectivity index (χ0v) is 10.2. The first kappa shape index (κ1) is 12.0. The van der Waals surface area contributed by atoms with Gasteiger partial charge in [-0.25, -0.2) is 4.79 Å². The van der Waals surface area contributed by atoms with Gasteiger partial charge in [-0.1, -0.05) is 0 Å². The van der Waals surface area contributed by atoms with Gasteiger partial charge in [0.05, 0.1) is 18.5 Å². The average molecular weight is 262 g/mol. The van der Waals surface area contributed by atoms with Crippen LogP contribution in [0.4, 0.5) is 5.69 Å². The number of hydrogen-bond acceptors (Lipinski definition) is 5. The van der Waals surface area contributed by atoms with Crippen LogP contribution >= 0.6 is 0 Å². The lowest BCUT2D eigenvalue weighted by atomic mass is 10.2. The lowest BCUT2D eigenvalue weighted by Crippen LogP contribution is -2.48. The fourth-order valence-electron chi connectivity index (χ4n) is 2.21. The number of carbonyl (C=O) groups is 2. The second-order valence-electron chi connectivity index (χ2n) is 4.68. The molecule has 2 aliphatic rings. The molecule has 0 saturated carbocycles. The van der Waals surface area contributed by atoms with Gasteiger partial charge in [-0.2, -0.15) is 0 Å². The van der Waals surface area contributed by atoms with Crippen molar-refractivity contribution in [2.24, 2.45) is 0 Å². The lowest BCUT2D eigenvalue weighted by Gasteiger charge is -2.31. The maximum Gasteiger partial charge on any atom is 0.338 e. The number of benzene rings is 1. The molecule has 3 rings (SSSR count). The van der Waals surface area contributed by atoms with E-state index >= 15 is 0 Å². The number of carbonyl (C=O) groups excluding carboxylic acids is 2. The van der Waals surface area contributed by atoms with E-state index in [1.165, 1.54) is 0 Å². The molecule has 2 fully saturated rings.